The fraction of sp³-hybridized carbons (Fsp3) is 0.692. The second-order valence-corrected chi connectivity index (χ2v) is 12.6. The summed E-state index contributed by atoms with van der Waals surface area (Å²) in [6.45, 7) is 0. The molecule has 3 aliphatic rings. The standard InChI is InChI=1S/C18H33P.C8H6.2ClH.Ru/c1-4-10-16(11-5-1)19(17-12-6-2-7-13-17)18-14-8-3-9-15-18;1-2-8-6-4-3-5-7-8;;;/h16-18H,1-15H2;2-7H;2*1H;/q;;;;+2/p-2. The maximum absolute atomic E-state index is 2.89. The zero-order valence-corrected chi connectivity index (χ0v) is 22.5. The fourth-order valence-corrected chi connectivity index (χ4v) is 10.6. The van der Waals surface area contributed by atoms with E-state index in [0.717, 1.165) is 0 Å². The second-order valence-electron chi connectivity index (χ2n) is 8.98. The van der Waals surface area contributed by atoms with Crippen LogP contribution in [0.25, 0.3) is 6.08 Å². The van der Waals surface area contributed by atoms with Crippen molar-refractivity contribution in [1.29, 1.82) is 0 Å². The van der Waals surface area contributed by atoms with Gasteiger partial charge < -0.3 is 24.8 Å². The monoisotopic (exact) mass is 554 g/mol. The van der Waals surface area contributed by atoms with Gasteiger partial charge in [-0.05, 0) is 55.5 Å². The average molecular weight is 555 g/mol. The molecule has 0 nitrogen and oxygen atoms in total. The van der Waals surface area contributed by atoms with Gasteiger partial charge in [-0.3, -0.25) is 0 Å². The number of benzene rings is 1. The third-order valence-electron chi connectivity index (χ3n) is 7.01. The summed E-state index contributed by atoms with van der Waals surface area (Å²) in [6.07, 6.45) is 25.5. The first-order valence-electron chi connectivity index (χ1n) is 11.9. The van der Waals surface area contributed by atoms with E-state index in [9.17, 15) is 0 Å². The Balaban J connectivity index is 0.000000351. The van der Waals surface area contributed by atoms with Gasteiger partial charge in [-0.25, -0.2) is 0 Å². The molecule has 0 radical (unpaired) electrons. The molecule has 0 spiro atoms. The van der Waals surface area contributed by atoms with Crippen molar-refractivity contribution in [3.05, 3.63) is 35.9 Å². The molecule has 4 heteroatoms. The molecule has 0 bridgehead atoms. The van der Waals surface area contributed by atoms with Gasteiger partial charge in [0.25, 0.3) is 0 Å². The van der Waals surface area contributed by atoms with Crippen LogP contribution >= 0.6 is 7.92 Å². The van der Waals surface area contributed by atoms with Crippen molar-refractivity contribution in [2.75, 3.05) is 0 Å². The van der Waals surface area contributed by atoms with Crippen molar-refractivity contribution in [1.82, 2.24) is 0 Å². The number of hydrogen-bond donors (Lipinski definition) is 0. The average Bonchev–Trinajstić information content (AvgIpc) is 2.78. The molecule has 0 saturated heterocycles. The molecular weight excluding hydrogens is 515 g/mol. The van der Waals surface area contributed by atoms with Crippen molar-refractivity contribution >= 4 is 18.3 Å². The van der Waals surface area contributed by atoms with Crippen LogP contribution in [-0.4, -0.2) is 21.2 Å². The quantitative estimate of drug-likeness (QED) is 0.396. The molecule has 1 aromatic rings. The van der Waals surface area contributed by atoms with Crippen LogP contribution in [0.2, 0.25) is 0 Å². The van der Waals surface area contributed by atoms with Gasteiger partial charge in [0.2, 0.25) is 0 Å². The van der Waals surface area contributed by atoms with E-state index in [-0.39, 0.29) is 24.8 Å². The van der Waals surface area contributed by atoms with Crippen LogP contribution in [-0.2, 0) is 17.9 Å². The molecule has 0 aromatic heterocycles. The van der Waals surface area contributed by atoms with Gasteiger partial charge in [-0.2, -0.15) is 0 Å². The van der Waals surface area contributed by atoms with Gasteiger partial charge in [0.05, 0.1) is 0 Å². The zero-order chi connectivity index (χ0) is 19.4. The Bertz CT molecular complexity index is 542. The Morgan fingerprint density at radius 2 is 1.00 bits per heavy atom. The van der Waals surface area contributed by atoms with Crippen molar-refractivity contribution in [2.24, 2.45) is 0 Å². The minimum atomic E-state index is 0. The normalized spacial score (nSPS) is 20.7. The van der Waals surface area contributed by atoms with Crippen LogP contribution in [0, 0.1) is 0 Å². The summed E-state index contributed by atoms with van der Waals surface area (Å²) < 4.78 is 2.89. The molecule has 0 unspecified atom stereocenters. The van der Waals surface area contributed by atoms with Crippen molar-refractivity contribution in [3.8, 4) is 0 Å². The van der Waals surface area contributed by atoms with Crippen molar-refractivity contribution in [3.63, 3.8) is 0 Å². The molecule has 0 amide bonds. The van der Waals surface area contributed by atoms with E-state index in [2.05, 4.69) is 22.1 Å². The van der Waals surface area contributed by atoms with Crippen LogP contribution in [0.3, 0.4) is 0 Å². The third kappa shape index (κ3) is 9.55. The van der Waals surface area contributed by atoms with Gasteiger partial charge in [0.1, 0.15) is 0 Å². The van der Waals surface area contributed by atoms with E-state index < -0.39 is 0 Å². The topological polar surface area (TPSA) is 0 Å². The molecule has 1 aromatic carbocycles. The molecule has 170 valence electrons. The van der Waals surface area contributed by atoms with Gasteiger partial charge in [-0.15, -0.1) is 0 Å². The van der Waals surface area contributed by atoms with Gasteiger partial charge in [0, 0.05) is 0 Å². The van der Waals surface area contributed by atoms with Crippen LogP contribution in [0.15, 0.2) is 30.3 Å². The Morgan fingerprint density at radius 1 is 0.633 bits per heavy atom. The van der Waals surface area contributed by atoms with E-state index in [1.54, 1.807) is 77.0 Å². The summed E-state index contributed by atoms with van der Waals surface area (Å²) in [5.41, 5.74) is 4.76. The molecule has 3 aliphatic carbocycles. The molecular formula is C26H39Cl2PRu. The van der Waals surface area contributed by atoms with E-state index in [0.29, 0.717) is 7.92 Å². The molecule has 4 rings (SSSR count). The maximum atomic E-state index is 2.89. The van der Waals surface area contributed by atoms with Crippen LogP contribution < -0.4 is 24.8 Å². The summed E-state index contributed by atoms with van der Waals surface area (Å²) in [5.74, 6) is 0. The molecule has 0 heterocycles. The van der Waals surface area contributed by atoms with E-state index >= 15 is 0 Å². The van der Waals surface area contributed by atoms with Gasteiger partial charge in [0.15, 0.2) is 0 Å². The summed E-state index contributed by atoms with van der Waals surface area (Å²) in [7, 11) is 0.385. The fourth-order valence-electron chi connectivity index (χ4n) is 5.64. The number of rotatable bonds is 4. The Morgan fingerprint density at radius 3 is 1.33 bits per heavy atom. The Kier molecular flexibility index (Phi) is 16.2. The van der Waals surface area contributed by atoms with E-state index in [1.807, 2.05) is 36.4 Å². The first kappa shape index (κ1) is 28.5. The van der Waals surface area contributed by atoms with Gasteiger partial charge >= 0.3 is 64.1 Å². The number of hydrogen-bond acceptors (Lipinski definition) is 0. The predicted molar refractivity (Wildman–Crippen MR) is 123 cm³/mol. The third-order valence-corrected chi connectivity index (χ3v) is 11.3. The SMILES string of the molecule is C1CCC(P(C2CCCCC2)C2CCCCC2)CC1.[Cl-].[Cl-].[Ru+2]=[C]=Cc1ccccc1. The summed E-state index contributed by atoms with van der Waals surface area (Å²) in [4.78, 5) is 0. The van der Waals surface area contributed by atoms with Crippen LogP contribution in [0.5, 0.6) is 0 Å². The first-order valence-corrected chi connectivity index (χ1v) is 14.3. The Hall–Kier alpha value is 0.503. The summed E-state index contributed by atoms with van der Waals surface area (Å²) in [5, 5.41) is 0. The Labute approximate surface area is 209 Å². The first-order chi connectivity index (χ1) is 13.9. The second kappa shape index (κ2) is 17.0. The van der Waals surface area contributed by atoms with E-state index in [1.165, 1.54) is 41.8 Å². The van der Waals surface area contributed by atoms with E-state index in [4.69, 9.17) is 0 Å². The minimum absolute atomic E-state index is 0. The molecule has 3 saturated carbocycles. The molecule has 0 atom stereocenters. The zero-order valence-electron chi connectivity index (χ0n) is 18.4. The molecule has 30 heavy (non-hydrogen) atoms. The molecule has 0 N–H and O–H groups in total. The molecule has 0 aliphatic heterocycles. The molecule has 3 fully saturated rings. The van der Waals surface area contributed by atoms with Crippen molar-refractivity contribution in [2.45, 2.75) is 113 Å². The van der Waals surface area contributed by atoms with Crippen molar-refractivity contribution < 1.29 is 42.7 Å². The van der Waals surface area contributed by atoms with Gasteiger partial charge in [-0.1, -0.05) is 65.7 Å². The summed E-state index contributed by atoms with van der Waals surface area (Å²) >= 11 is 2.34. The predicted octanol–water partition coefficient (Wildman–Crippen LogP) is 2.12. The van der Waals surface area contributed by atoms with Crippen LogP contribution in [0.4, 0.5) is 0 Å². The summed E-state index contributed by atoms with van der Waals surface area (Å²) in [6, 6.07) is 10.1. The number of halogens is 2. The van der Waals surface area contributed by atoms with Crippen LogP contribution in [0.1, 0.15) is 102 Å².